The Bertz CT molecular complexity index is 1140. The standard InChI is InChI=1S/C18H14F2N4O2S2/c1-10(15(25)21-11-6-2-4-8-13(11)26-16(19)20)27-17-22-23-18-24(17)12-7-3-5-9-14(12)28-18/h2-10,16H,1H3,(H,21,25). The molecule has 0 saturated carbocycles. The lowest BCUT2D eigenvalue weighted by Crippen LogP contribution is -2.23. The second-order valence-corrected chi connectivity index (χ2v) is 8.11. The van der Waals surface area contributed by atoms with Gasteiger partial charge in [-0.25, -0.2) is 0 Å². The molecule has 0 spiro atoms. The summed E-state index contributed by atoms with van der Waals surface area (Å²) in [5.74, 6) is -0.441. The number of anilines is 1. The molecule has 4 aromatic rings. The summed E-state index contributed by atoms with van der Waals surface area (Å²) >= 11 is 2.76. The average Bonchev–Trinajstić information content (AvgIpc) is 3.22. The highest BCUT2D eigenvalue weighted by Crippen LogP contribution is 2.32. The van der Waals surface area contributed by atoms with Gasteiger partial charge in [0.25, 0.3) is 0 Å². The Kier molecular flexibility index (Phi) is 5.14. The van der Waals surface area contributed by atoms with Crippen molar-refractivity contribution in [2.24, 2.45) is 0 Å². The number of rotatable bonds is 6. The van der Waals surface area contributed by atoms with Crippen LogP contribution >= 0.6 is 23.1 Å². The van der Waals surface area contributed by atoms with Gasteiger partial charge in [0.05, 0.1) is 21.2 Å². The molecule has 1 unspecified atom stereocenters. The van der Waals surface area contributed by atoms with E-state index in [1.807, 2.05) is 28.7 Å². The van der Waals surface area contributed by atoms with E-state index in [2.05, 4.69) is 20.3 Å². The van der Waals surface area contributed by atoms with Gasteiger partial charge in [-0.1, -0.05) is 47.4 Å². The number of nitrogens with one attached hydrogen (secondary N) is 1. The van der Waals surface area contributed by atoms with E-state index in [4.69, 9.17) is 0 Å². The van der Waals surface area contributed by atoms with Crippen molar-refractivity contribution in [1.29, 1.82) is 0 Å². The molecule has 6 nitrogen and oxygen atoms in total. The van der Waals surface area contributed by atoms with Crippen molar-refractivity contribution in [2.45, 2.75) is 23.9 Å². The smallest absolute Gasteiger partial charge is 0.387 e. The van der Waals surface area contributed by atoms with Crippen molar-refractivity contribution in [3.63, 3.8) is 0 Å². The van der Waals surface area contributed by atoms with E-state index in [1.54, 1.807) is 19.1 Å². The van der Waals surface area contributed by atoms with Gasteiger partial charge in [-0.05, 0) is 31.2 Å². The quantitative estimate of drug-likeness (QED) is 0.459. The van der Waals surface area contributed by atoms with E-state index in [0.717, 1.165) is 15.2 Å². The van der Waals surface area contributed by atoms with Gasteiger partial charge < -0.3 is 10.1 Å². The Hall–Kier alpha value is -2.72. The Labute approximate surface area is 166 Å². The molecule has 1 amide bonds. The predicted molar refractivity (Wildman–Crippen MR) is 105 cm³/mol. The van der Waals surface area contributed by atoms with Gasteiger partial charge in [0.2, 0.25) is 10.9 Å². The van der Waals surface area contributed by atoms with Crippen LogP contribution in [0.4, 0.5) is 14.5 Å². The number of aromatic nitrogens is 3. The highest BCUT2D eigenvalue weighted by Gasteiger charge is 2.21. The fraction of sp³-hybridized carbons (Fsp3) is 0.167. The zero-order chi connectivity index (χ0) is 19.7. The van der Waals surface area contributed by atoms with Gasteiger partial charge in [0.1, 0.15) is 5.75 Å². The van der Waals surface area contributed by atoms with E-state index < -0.39 is 11.9 Å². The molecule has 1 atom stereocenters. The molecule has 1 N–H and O–H groups in total. The molecule has 0 aliphatic rings. The predicted octanol–water partition coefficient (Wildman–Crippen LogP) is 4.66. The van der Waals surface area contributed by atoms with Crippen LogP contribution in [0.2, 0.25) is 0 Å². The highest BCUT2D eigenvalue weighted by molar-refractivity contribution is 8.00. The van der Waals surface area contributed by atoms with E-state index >= 15 is 0 Å². The lowest BCUT2D eigenvalue weighted by molar-refractivity contribution is -0.115. The third-order valence-electron chi connectivity index (χ3n) is 3.92. The molecule has 2 aromatic heterocycles. The minimum atomic E-state index is -2.97. The van der Waals surface area contributed by atoms with Gasteiger partial charge in [-0.15, -0.1) is 10.2 Å². The van der Waals surface area contributed by atoms with Crippen molar-refractivity contribution in [3.05, 3.63) is 48.5 Å². The number of hydrogen-bond acceptors (Lipinski definition) is 6. The number of carbonyl (C=O) groups is 1. The topological polar surface area (TPSA) is 68.5 Å². The summed E-state index contributed by atoms with van der Waals surface area (Å²) in [6.07, 6.45) is 0. The lowest BCUT2D eigenvalue weighted by atomic mass is 10.3. The molecule has 2 aromatic carbocycles. The minimum Gasteiger partial charge on any atom is -0.433 e. The number of carbonyl (C=O) groups excluding carboxylic acids is 1. The van der Waals surface area contributed by atoms with Gasteiger partial charge in [0, 0.05) is 0 Å². The van der Waals surface area contributed by atoms with Gasteiger partial charge in [-0.3, -0.25) is 9.20 Å². The Morgan fingerprint density at radius 1 is 1.18 bits per heavy atom. The number of amides is 1. The maximum atomic E-state index is 12.6. The number of thiazole rings is 1. The number of halogens is 2. The van der Waals surface area contributed by atoms with Crippen LogP contribution in [0, 0.1) is 0 Å². The Morgan fingerprint density at radius 3 is 2.75 bits per heavy atom. The summed E-state index contributed by atoms with van der Waals surface area (Å²) in [7, 11) is 0. The first-order valence-corrected chi connectivity index (χ1v) is 9.96. The number of nitrogens with zero attached hydrogens (tertiary/aromatic N) is 3. The zero-order valence-corrected chi connectivity index (χ0v) is 16.1. The van der Waals surface area contributed by atoms with Gasteiger partial charge >= 0.3 is 6.61 Å². The zero-order valence-electron chi connectivity index (χ0n) is 14.5. The molecule has 0 radical (unpaired) electrons. The summed E-state index contributed by atoms with van der Waals surface area (Å²) < 4.78 is 32.5. The molecular weight excluding hydrogens is 406 g/mol. The summed E-state index contributed by atoms with van der Waals surface area (Å²) in [5.41, 5.74) is 1.16. The van der Waals surface area contributed by atoms with Crippen molar-refractivity contribution in [3.8, 4) is 5.75 Å². The fourth-order valence-corrected chi connectivity index (χ4v) is 4.53. The van der Waals surface area contributed by atoms with Crippen molar-refractivity contribution >= 4 is 49.9 Å². The Morgan fingerprint density at radius 2 is 1.93 bits per heavy atom. The van der Waals surface area contributed by atoms with E-state index in [-0.39, 0.29) is 17.3 Å². The van der Waals surface area contributed by atoms with Crippen LogP contribution in [0.1, 0.15) is 6.92 Å². The van der Waals surface area contributed by atoms with Crippen LogP contribution in [-0.2, 0) is 4.79 Å². The highest BCUT2D eigenvalue weighted by atomic mass is 32.2. The average molecular weight is 420 g/mol. The maximum Gasteiger partial charge on any atom is 0.387 e. The Balaban J connectivity index is 1.54. The number of para-hydroxylation sites is 3. The molecule has 144 valence electrons. The molecule has 4 rings (SSSR count). The van der Waals surface area contributed by atoms with Gasteiger partial charge in [-0.2, -0.15) is 8.78 Å². The molecule has 2 heterocycles. The molecular formula is C18H14F2N4O2S2. The maximum absolute atomic E-state index is 12.6. The van der Waals surface area contributed by atoms with E-state index in [1.165, 1.54) is 35.2 Å². The molecule has 0 aliphatic carbocycles. The number of alkyl halides is 2. The summed E-state index contributed by atoms with van der Waals surface area (Å²) in [6, 6.07) is 13.9. The number of benzene rings is 2. The largest absolute Gasteiger partial charge is 0.433 e. The fourth-order valence-electron chi connectivity index (χ4n) is 2.65. The second-order valence-electron chi connectivity index (χ2n) is 5.79. The molecule has 0 fully saturated rings. The minimum absolute atomic E-state index is 0.0863. The summed E-state index contributed by atoms with van der Waals surface area (Å²) in [6.45, 7) is -1.26. The molecule has 0 bridgehead atoms. The lowest BCUT2D eigenvalue weighted by Gasteiger charge is -2.14. The monoisotopic (exact) mass is 420 g/mol. The third-order valence-corrected chi connectivity index (χ3v) is 5.98. The van der Waals surface area contributed by atoms with Crippen LogP contribution in [0.25, 0.3) is 15.2 Å². The molecule has 0 aliphatic heterocycles. The van der Waals surface area contributed by atoms with Crippen LogP contribution in [0.5, 0.6) is 5.75 Å². The van der Waals surface area contributed by atoms with Gasteiger partial charge in [0.15, 0.2) is 5.16 Å². The van der Waals surface area contributed by atoms with Crippen LogP contribution in [0.3, 0.4) is 0 Å². The second kappa shape index (κ2) is 7.72. The van der Waals surface area contributed by atoms with E-state index in [0.29, 0.717) is 5.16 Å². The SMILES string of the molecule is CC(Sc1nnc2sc3ccccc3n12)C(=O)Nc1ccccc1OC(F)F. The van der Waals surface area contributed by atoms with Crippen molar-refractivity contribution in [1.82, 2.24) is 14.6 Å². The molecule has 0 saturated heterocycles. The van der Waals surface area contributed by atoms with Crippen LogP contribution in [0.15, 0.2) is 53.7 Å². The number of hydrogen-bond donors (Lipinski definition) is 1. The first kappa shape index (κ1) is 18.6. The normalized spacial score (nSPS) is 12.6. The summed E-state index contributed by atoms with van der Waals surface area (Å²) in [4.78, 5) is 13.3. The number of thioether (sulfide) groups is 1. The first-order valence-electron chi connectivity index (χ1n) is 8.27. The van der Waals surface area contributed by atoms with Crippen LogP contribution < -0.4 is 10.1 Å². The van der Waals surface area contributed by atoms with E-state index in [9.17, 15) is 13.6 Å². The molecule has 28 heavy (non-hydrogen) atoms. The first-order chi connectivity index (χ1) is 13.5. The van der Waals surface area contributed by atoms with Crippen LogP contribution in [-0.4, -0.2) is 32.4 Å². The number of fused-ring (bicyclic) bond motifs is 3. The third kappa shape index (κ3) is 3.65. The van der Waals surface area contributed by atoms with Crippen molar-refractivity contribution in [2.75, 3.05) is 5.32 Å². The summed E-state index contributed by atoms with van der Waals surface area (Å²) in [5, 5.41) is 11.0. The van der Waals surface area contributed by atoms with Crippen molar-refractivity contribution < 1.29 is 18.3 Å². The molecule has 10 heteroatoms. The number of ether oxygens (including phenoxy) is 1.